The van der Waals surface area contributed by atoms with Crippen LogP contribution in [0.15, 0.2) is 34.1 Å². The monoisotopic (exact) mass is 806 g/mol. The molecule has 0 saturated carbocycles. The van der Waals surface area contributed by atoms with Gasteiger partial charge in [0.1, 0.15) is 0 Å². The first-order chi connectivity index (χ1) is 26.5. The van der Waals surface area contributed by atoms with Gasteiger partial charge in [-0.25, -0.2) is 16.8 Å². The van der Waals surface area contributed by atoms with Crippen molar-refractivity contribution < 1.29 is 40.6 Å². The van der Waals surface area contributed by atoms with E-state index in [0.717, 1.165) is 128 Å². The summed E-state index contributed by atoms with van der Waals surface area (Å²) in [7, 11) is -9.79. The zero-order valence-corrected chi connectivity index (χ0v) is 36.4. The molecular weight excluding hydrogens is 737 g/mol. The first-order valence-corrected chi connectivity index (χ1v) is 24.0. The summed E-state index contributed by atoms with van der Waals surface area (Å²) < 4.78 is 80.0. The topological polar surface area (TPSA) is 142 Å². The van der Waals surface area contributed by atoms with Gasteiger partial charge in [-0.05, 0) is 62.8 Å². The fourth-order valence-electron chi connectivity index (χ4n) is 6.31. The molecule has 0 N–H and O–H groups in total. The van der Waals surface area contributed by atoms with E-state index >= 15 is 0 Å². The third-order valence-electron chi connectivity index (χ3n) is 9.62. The van der Waals surface area contributed by atoms with Gasteiger partial charge in [0.25, 0.3) is 19.7 Å². The third kappa shape index (κ3) is 16.1. The molecule has 0 bridgehead atoms. The quantitative estimate of drug-likeness (QED) is 0.0250. The van der Waals surface area contributed by atoms with Crippen molar-refractivity contribution in [2.75, 3.05) is 26.4 Å². The standard InChI is InChI=1S/C43H70N2O8S2/c1-7-11-15-19-23-27-50-37-31-35(5)41(33-39(37)52-29-25-21-17-13-9-3)54(46,47)43(45-44)55(48,49)42-34-40(53-30-26-22-18-14-10-4)38(32-36(42)6)51-28-24-20-16-12-8-2/h31-34H,7-30H2,1-6H3. The number of sulfone groups is 2. The summed E-state index contributed by atoms with van der Waals surface area (Å²) in [6.45, 7) is 13.3. The number of ether oxygens (including phenoxy) is 4. The highest BCUT2D eigenvalue weighted by Crippen LogP contribution is 2.38. The molecule has 55 heavy (non-hydrogen) atoms. The highest BCUT2D eigenvalue weighted by molar-refractivity contribution is 8.31. The largest absolute Gasteiger partial charge is 0.504 e. The molecule has 0 aliphatic heterocycles. The molecule has 2 aromatic carbocycles. The fraction of sp³-hybridized carbons (Fsp3) is 0.698. The van der Waals surface area contributed by atoms with Gasteiger partial charge in [-0.2, -0.15) is 0 Å². The minimum Gasteiger partial charge on any atom is -0.490 e. The summed E-state index contributed by atoms with van der Waals surface area (Å²) in [6, 6.07) is 5.69. The number of hydrogen-bond acceptors (Lipinski definition) is 8. The minimum absolute atomic E-state index is 0.199. The van der Waals surface area contributed by atoms with Crippen LogP contribution in [0.5, 0.6) is 23.0 Å². The molecular formula is C43H70N2O8S2. The number of benzene rings is 2. The molecule has 2 aromatic rings. The van der Waals surface area contributed by atoms with Crippen LogP contribution in [0.25, 0.3) is 5.53 Å². The molecule has 2 rings (SSSR count). The second kappa shape index (κ2) is 26.7. The van der Waals surface area contributed by atoms with Crippen molar-refractivity contribution in [3.8, 4) is 23.0 Å². The molecule has 0 aliphatic carbocycles. The van der Waals surface area contributed by atoms with E-state index in [1.807, 2.05) is 0 Å². The molecule has 0 atom stereocenters. The SMILES string of the molecule is CCCCCCCOc1cc(C)c(S(=O)(=O)C(=[N+]=[N-])S(=O)(=O)c2cc(OCCCCCCC)c(OCCCCCCC)cc2C)cc1OCCCCCCC. The molecule has 312 valence electrons. The molecule has 10 nitrogen and oxygen atoms in total. The van der Waals surface area contributed by atoms with Crippen molar-refractivity contribution >= 4 is 24.1 Å². The van der Waals surface area contributed by atoms with Crippen LogP contribution in [0, 0.1) is 13.8 Å². The summed E-state index contributed by atoms with van der Waals surface area (Å²) in [4.78, 5) is 2.26. The number of rotatable bonds is 30. The van der Waals surface area contributed by atoms with Crippen LogP contribution in [0.1, 0.15) is 167 Å². The van der Waals surface area contributed by atoms with Gasteiger partial charge in [-0.3, -0.25) is 0 Å². The second-order valence-corrected chi connectivity index (χ2v) is 18.5. The van der Waals surface area contributed by atoms with E-state index in [0.29, 0.717) is 37.9 Å². The Morgan fingerprint density at radius 1 is 0.455 bits per heavy atom. The van der Waals surface area contributed by atoms with Gasteiger partial charge in [0.15, 0.2) is 23.0 Å². The fourth-order valence-corrected chi connectivity index (χ4v) is 10.1. The van der Waals surface area contributed by atoms with Gasteiger partial charge in [-0.1, -0.05) is 130 Å². The van der Waals surface area contributed by atoms with Crippen molar-refractivity contribution in [1.82, 2.24) is 0 Å². The molecule has 0 heterocycles. The Balaban J connectivity index is 2.48. The molecule has 0 aliphatic rings. The second-order valence-electron chi connectivity index (χ2n) is 14.6. The maximum atomic E-state index is 14.3. The first-order valence-electron chi connectivity index (χ1n) is 21.0. The van der Waals surface area contributed by atoms with E-state index in [1.54, 1.807) is 26.0 Å². The Hall–Kier alpha value is -3.08. The Kier molecular flexibility index (Phi) is 23.3. The Morgan fingerprint density at radius 3 is 0.964 bits per heavy atom. The lowest BCUT2D eigenvalue weighted by molar-refractivity contribution is 0.00379. The molecule has 0 saturated heterocycles. The molecule has 12 heteroatoms. The van der Waals surface area contributed by atoms with E-state index < -0.39 is 24.1 Å². The number of nitrogens with zero attached hydrogens (tertiary/aromatic N) is 2. The Labute approximate surface area is 333 Å². The van der Waals surface area contributed by atoms with Crippen LogP contribution >= 0.6 is 0 Å². The van der Waals surface area contributed by atoms with Crippen LogP contribution in [-0.4, -0.2) is 52.4 Å². The summed E-state index contributed by atoms with van der Waals surface area (Å²) in [5.41, 5.74) is 10.6. The molecule has 0 spiro atoms. The normalized spacial score (nSPS) is 11.7. The van der Waals surface area contributed by atoms with Gasteiger partial charge in [-0.15, -0.1) is 4.79 Å². The zero-order valence-electron chi connectivity index (χ0n) is 34.8. The van der Waals surface area contributed by atoms with Gasteiger partial charge >= 0.3 is 4.38 Å². The lowest BCUT2D eigenvalue weighted by Crippen LogP contribution is -2.27. The van der Waals surface area contributed by atoms with Crippen LogP contribution in [-0.2, 0) is 19.7 Å². The van der Waals surface area contributed by atoms with Crippen LogP contribution in [0.2, 0.25) is 0 Å². The van der Waals surface area contributed by atoms with E-state index in [4.69, 9.17) is 18.9 Å². The van der Waals surface area contributed by atoms with Crippen molar-refractivity contribution in [3.63, 3.8) is 0 Å². The highest BCUT2D eigenvalue weighted by atomic mass is 32.3. The predicted molar refractivity (Wildman–Crippen MR) is 222 cm³/mol. The molecule has 0 aromatic heterocycles. The first kappa shape index (κ1) is 48.1. The van der Waals surface area contributed by atoms with Gasteiger partial charge in [0.05, 0.1) is 36.2 Å². The Bertz CT molecular complexity index is 1570. The molecule has 0 fully saturated rings. The van der Waals surface area contributed by atoms with Crippen molar-refractivity contribution in [2.45, 2.75) is 180 Å². The lowest BCUT2D eigenvalue weighted by Gasteiger charge is -2.17. The Morgan fingerprint density at radius 2 is 0.709 bits per heavy atom. The number of aryl methyl sites for hydroxylation is 2. The summed E-state index contributed by atoms with van der Waals surface area (Å²) in [5, 5.41) is 0. The van der Waals surface area contributed by atoms with Crippen molar-refractivity contribution in [2.24, 2.45) is 0 Å². The molecule has 0 amide bonds. The van der Waals surface area contributed by atoms with E-state index in [-0.39, 0.29) is 32.4 Å². The maximum Gasteiger partial charge on any atom is 0.504 e. The lowest BCUT2D eigenvalue weighted by atomic mass is 10.1. The predicted octanol–water partition coefficient (Wildman–Crippen LogP) is 11.5. The van der Waals surface area contributed by atoms with E-state index in [1.165, 1.54) is 12.1 Å². The molecule has 0 radical (unpaired) electrons. The van der Waals surface area contributed by atoms with Crippen LogP contribution < -0.4 is 18.9 Å². The average molecular weight is 807 g/mol. The van der Waals surface area contributed by atoms with Crippen molar-refractivity contribution in [1.29, 1.82) is 0 Å². The molecule has 0 unspecified atom stereocenters. The smallest absolute Gasteiger partial charge is 0.490 e. The minimum atomic E-state index is -4.90. The summed E-state index contributed by atoms with van der Waals surface area (Å²) >= 11 is 0. The van der Waals surface area contributed by atoms with Crippen molar-refractivity contribution in [3.05, 3.63) is 40.9 Å². The average Bonchev–Trinajstić information content (AvgIpc) is 3.15. The van der Waals surface area contributed by atoms with Gasteiger partial charge in [0.2, 0.25) is 0 Å². The van der Waals surface area contributed by atoms with Gasteiger partial charge < -0.3 is 24.5 Å². The summed E-state index contributed by atoms with van der Waals surface area (Å²) in [5.74, 6) is 1.17. The van der Waals surface area contributed by atoms with Crippen LogP contribution in [0.4, 0.5) is 0 Å². The number of hydrogen-bond donors (Lipinski definition) is 0. The van der Waals surface area contributed by atoms with E-state index in [9.17, 15) is 22.4 Å². The zero-order chi connectivity index (χ0) is 40.5. The van der Waals surface area contributed by atoms with E-state index in [2.05, 4.69) is 32.5 Å². The van der Waals surface area contributed by atoms with Crippen LogP contribution in [0.3, 0.4) is 0 Å². The van der Waals surface area contributed by atoms with Gasteiger partial charge in [0, 0.05) is 12.1 Å². The highest BCUT2D eigenvalue weighted by Gasteiger charge is 2.46. The summed E-state index contributed by atoms with van der Waals surface area (Å²) in [6.07, 6.45) is 20.5. The third-order valence-corrected chi connectivity index (χ3v) is 14.1. The maximum absolute atomic E-state index is 14.3. The number of unbranched alkanes of at least 4 members (excludes halogenated alkanes) is 16.